The van der Waals surface area contributed by atoms with E-state index in [1.54, 1.807) is 0 Å². The molecule has 0 fully saturated rings. The molecule has 0 aliphatic carbocycles. The van der Waals surface area contributed by atoms with E-state index in [4.69, 9.17) is 0 Å². The molecular formula is C6H6CoN. The van der Waals surface area contributed by atoms with E-state index < -0.39 is 0 Å². The van der Waals surface area contributed by atoms with Gasteiger partial charge >= 0.3 is 56.3 Å². The normalized spacial score (nSPS) is 8.75. The number of para-hydroxylation sites is 1. The van der Waals surface area contributed by atoms with Crippen molar-refractivity contribution in [3.05, 3.63) is 30.3 Å². The molecule has 0 saturated carbocycles. The van der Waals surface area contributed by atoms with E-state index in [0.717, 1.165) is 5.69 Å². The van der Waals surface area contributed by atoms with Gasteiger partial charge in [-0.15, -0.1) is 0 Å². The van der Waals surface area contributed by atoms with Crippen LogP contribution in [0.1, 0.15) is 0 Å². The fraction of sp³-hybridized carbons (Fsp3) is 0. The summed E-state index contributed by atoms with van der Waals surface area (Å²) in [6.07, 6.45) is 0. The number of hydrogen-bond acceptors (Lipinski definition) is 1. The van der Waals surface area contributed by atoms with Crippen LogP contribution in [0.2, 0.25) is 0 Å². The van der Waals surface area contributed by atoms with Crippen molar-refractivity contribution in [2.45, 2.75) is 0 Å². The van der Waals surface area contributed by atoms with Gasteiger partial charge in [-0.25, -0.2) is 0 Å². The molecule has 0 amide bonds. The standard InChI is InChI=1S/C6H6N.Co/c7-6-4-2-1-3-5-6;/h1-5,7H;/q-1;+1. The summed E-state index contributed by atoms with van der Waals surface area (Å²) in [6, 6.07) is 9.78. The van der Waals surface area contributed by atoms with Crippen molar-refractivity contribution in [3.8, 4) is 0 Å². The predicted molar refractivity (Wildman–Crippen MR) is 30.1 cm³/mol. The van der Waals surface area contributed by atoms with E-state index >= 15 is 0 Å². The van der Waals surface area contributed by atoms with Crippen molar-refractivity contribution in [3.63, 3.8) is 0 Å². The van der Waals surface area contributed by atoms with Crippen LogP contribution in [0.4, 0.5) is 5.69 Å². The first-order valence-electron chi connectivity index (χ1n) is 2.33. The summed E-state index contributed by atoms with van der Waals surface area (Å²) in [5, 5.41) is 0. The van der Waals surface area contributed by atoms with Gasteiger partial charge in [0, 0.05) is 0 Å². The molecule has 1 nitrogen and oxygen atoms in total. The second-order valence-electron chi connectivity index (χ2n) is 1.45. The Morgan fingerprint density at radius 2 is 1.75 bits per heavy atom. The van der Waals surface area contributed by atoms with Crippen LogP contribution in [-0.4, -0.2) is 0 Å². The number of rotatable bonds is 1. The van der Waals surface area contributed by atoms with Crippen LogP contribution in [0.5, 0.6) is 0 Å². The molecule has 1 rings (SSSR count). The third-order valence-corrected chi connectivity index (χ3v) is 1.17. The van der Waals surface area contributed by atoms with Crippen molar-refractivity contribution in [1.82, 2.24) is 0 Å². The second-order valence-corrected chi connectivity index (χ2v) is 1.71. The van der Waals surface area contributed by atoms with Crippen LogP contribution in [0, 0.1) is 0 Å². The molecule has 0 radical (unpaired) electrons. The fourth-order valence-corrected chi connectivity index (χ4v) is 0.667. The van der Waals surface area contributed by atoms with Gasteiger partial charge in [-0.1, -0.05) is 0 Å². The molecule has 1 N–H and O–H groups in total. The monoisotopic (exact) mass is 151 g/mol. The van der Waals surface area contributed by atoms with E-state index in [9.17, 15) is 0 Å². The van der Waals surface area contributed by atoms with Gasteiger partial charge in [0.15, 0.2) is 0 Å². The third kappa shape index (κ3) is 1.25. The Morgan fingerprint density at radius 3 is 2.12 bits per heavy atom. The van der Waals surface area contributed by atoms with Gasteiger partial charge in [0.2, 0.25) is 0 Å². The number of hydrogen-bond donors (Lipinski definition) is 1. The van der Waals surface area contributed by atoms with Gasteiger partial charge in [-0.2, -0.15) is 0 Å². The first-order valence-corrected chi connectivity index (χ1v) is 2.85. The van der Waals surface area contributed by atoms with Crippen LogP contribution in [-0.2, 0) is 16.0 Å². The van der Waals surface area contributed by atoms with Gasteiger partial charge in [0.25, 0.3) is 0 Å². The van der Waals surface area contributed by atoms with Crippen molar-refractivity contribution < 1.29 is 16.0 Å². The van der Waals surface area contributed by atoms with Crippen LogP contribution >= 0.6 is 0 Å². The van der Waals surface area contributed by atoms with Crippen molar-refractivity contribution >= 4 is 5.69 Å². The molecule has 0 aliphatic rings. The van der Waals surface area contributed by atoms with E-state index in [-0.39, 0.29) is 0 Å². The molecule has 0 aliphatic heterocycles. The molecular weight excluding hydrogens is 145 g/mol. The Labute approximate surface area is 56.9 Å². The Morgan fingerprint density at radius 1 is 1.12 bits per heavy atom. The molecule has 0 unspecified atom stereocenters. The quantitative estimate of drug-likeness (QED) is 0.642. The average molecular weight is 151 g/mol. The van der Waals surface area contributed by atoms with Crippen LogP contribution < -0.4 is 4.37 Å². The molecule has 1 aromatic rings. The topological polar surface area (TPSA) is 12.0 Å². The number of anilines is 1. The first-order chi connectivity index (χ1) is 3.93. The Hall–Kier alpha value is -0.474. The summed E-state index contributed by atoms with van der Waals surface area (Å²) in [7, 11) is 0. The number of nitrogens with one attached hydrogen (secondary N) is 1. The van der Waals surface area contributed by atoms with E-state index in [1.165, 1.54) is 0 Å². The minimum atomic E-state index is 1.02. The van der Waals surface area contributed by atoms with Crippen LogP contribution in [0.25, 0.3) is 0 Å². The molecule has 2 heteroatoms. The Bertz CT molecular complexity index is 150. The van der Waals surface area contributed by atoms with Crippen LogP contribution in [0.15, 0.2) is 30.3 Å². The molecule has 1 aromatic carbocycles. The Balaban J connectivity index is 2.83. The molecule has 44 valence electrons. The molecule has 8 heavy (non-hydrogen) atoms. The third-order valence-electron chi connectivity index (χ3n) is 0.870. The van der Waals surface area contributed by atoms with Gasteiger partial charge in [0.05, 0.1) is 0 Å². The van der Waals surface area contributed by atoms with E-state index in [2.05, 4.69) is 20.3 Å². The Kier molecular flexibility index (Phi) is 1.94. The zero-order valence-corrected chi connectivity index (χ0v) is 5.26. The van der Waals surface area contributed by atoms with Gasteiger partial charge < -0.3 is 0 Å². The summed E-state index contributed by atoms with van der Waals surface area (Å²) >= 11 is 3.90. The molecule has 0 spiro atoms. The maximum atomic E-state index is 3.90. The van der Waals surface area contributed by atoms with Gasteiger partial charge in [-0.3, -0.25) is 0 Å². The van der Waals surface area contributed by atoms with Crippen LogP contribution in [0.3, 0.4) is 0 Å². The van der Waals surface area contributed by atoms with Gasteiger partial charge in [0.1, 0.15) is 0 Å². The SMILES string of the molecule is [Co][NH]c1ccccc1. The van der Waals surface area contributed by atoms with Gasteiger partial charge in [-0.05, 0) is 0 Å². The van der Waals surface area contributed by atoms with Crippen molar-refractivity contribution in [1.29, 1.82) is 0 Å². The fourth-order valence-electron chi connectivity index (χ4n) is 0.494. The molecule has 0 atom stereocenters. The average Bonchev–Trinajstić information content (AvgIpc) is 1.90. The first kappa shape index (κ1) is 5.66. The van der Waals surface area contributed by atoms with Crippen molar-refractivity contribution in [2.24, 2.45) is 0 Å². The molecule has 0 saturated heterocycles. The zero-order chi connectivity index (χ0) is 5.82. The summed E-state index contributed by atoms with van der Waals surface area (Å²) in [5.41, 5.74) is 1.02. The zero-order valence-electron chi connectivity index (χ0n) is 4.22. The molecule has 0 bridgehead atoms. The summed E-state index contributed by atoms with van der Waals surface area (Å²) in [6.45, 7) is 0. The molecule has 0 heterocycles. The van der Waals surface area contributed by atoms with E-state index in [1.807, 2.05) is 30.3 Å². The molecule has 0 aromatic heterocycles. The van der Waals surface area contributed by atoms with E-state index in [0.29, 0.717) is 0 Å². The second kappa shape index (κ2) is 2.74. The summed E-state index contributed by atoms with van der Waals surface area (Å²) in [5.74, 6) is 0. The summed E-state index contributed by atoms with van der Waals surface area (Å²) < 4.78 is 2.71. The summed E-state index contributed by atoms with van der Waals surface area (Å²) in [4.78, 5) is 0. The maximum absolute atomic E-state index is 3.90. The van der Waals surface area contributed by atoms with Crippen molar-refractivity contribution in [2.75, 3.05) is 4.37 Å². The minimum absolute atomic E-state index is 1.02. The number of benzene rings is 1. The predicted octanol–water partition coefficient (Wildman–Crippen LogP) is 1.56.